The Kier molecular flexibility index (Phi) is 4.50. The van der Waals surface area contributed by atoms with E-state index in [0.717, 1.165) is 25.7 Å². The maximum atomic E-state index is 11.0. The molecule has 0 aromatic heterocycles. The summed E-state index contributed by atoms with van der Waals surface area (Å²) in [7, 11) is 0. The van der Waals surface area contributed by atoms with Crippen molar-refractivity contribution in [3.63, 3.8) is 0 Å². The molecule has 2 nitrogen and oxygen atoms in total. The third-order valence-corrected chi connectivity index (χ3v) is 1.97. The number of ether oxygens (including phenoxy) is 1. The van der Waals surface area contributed by atoms with Gasteiger partial charge in [0.15, 0.2) is 0 Å². The number of esters is 1. The Morgan fingerprint density at radius 1 is 1.08 bits per heavy atom. The molecule has 68 valence electrons. The highest BCUT2D eigenvalue weighted by Crippen LogP contribution is 2.06. The molecule has 12 heavy (non-hydrogen) atoms. The van der Waals surface area contributed by atoms with Gasteiger partial charge in [0.2, 0.25) is 0 Å². The van der Waals surface area contributed by atoms with Crippen LogP contribution in [0.2, 0.25) is 0 Å². The zero-order valence-electron chi connectivity index (χ0n) is 7.42. The van der Waals surface area contributed by atoms with Crippen LogP contribution in [0.5, 0.6) is 0 Å². The lowest BCUT2D eigenvalue weighted by molar-refractivity contribution is -0.143. The minimum absolute atomic E-state index is 0.0368. The van der Waals surface area contributed by atoms with Crippen molar-refractivity contribution in [3.05, 3.63) is 12.2 Å². The lowest BCUT2D eigenvalue weighted by atomic mass is 10.1. The molecule has 1 aliphatic heterocycles. The van der Waals surface area contributed by atoms with Gasteiger partial charge in [-0.1, -0.05) is 18.6 Å². The zero-order chi connectivity index (χ0) is 8.65. The van der Waals surface area contributed by atoms with Crippen molar-refractivity contribution < 1.29 is 9.53 Å². The van der Waals surface area contributed by atoms with Gasteiger partial charge < -0.3 is 4.74 Å². The molecule has 1 aliphatic rings. The fourth-order valence-electron chi connectivity index (χ4n) is 1.26. The molecule has 0 saturated carbocycles. The van der Waals surface area contributed by atoms with Crippen LogP contribution in [0.4, 0.5) is 0 Å². The van der Waals surface area contributed by atoms with E-state index in [2.05, 4.69) is 12.2 Å². The highest BCUT2D eigenvalue weighted by Gasteiger charge is 2.01. The van der Waals surface area contributed by atoms with Crippen molar-refractivity contribution in [3.8, 4) is 0 Å². The van der Waals surface area contributed by atoms with Crippen LogP contribution < -0.4 is 0 Å². The van der Waals surface area contributed by atoms with Gasteiger partial charge in [-0.3, -0.25) is 4.79 Å². The Balaban J connectivity index is 2.26. The van der Waals surface area contributed by atoms with Gasteiger partial charge in [0.05, 0.1) is 6.61 Å². The summed E-state index contributed by atoms with van der Waals surface area (Å²) in [6, 6.07) is 0. The summed E-state index contributed by atoms with van der Waals surface area (Å²) < 4.78 is 4.98. The number of cyclic esters (lactones) is 1. The monoisotopic (exact) mass is 168 g/mol. The van der Waals surface area contributed by atoms with Crippen molar-refractivity contribution in [1.82, 2.24) is 0 Å². The molecule has 0 radical (unpaired) electrons. The summed E-state index contributed by atoms with van der Waals surface area (Å²) in [6.45, 7) is 0.551. The van der Waals surface area contributed by atoms with E-state index in [0.29, 0.717) is 13.0 Å². The molecular formula is C10H16O2. The SMILES string of the molecule is O=C1CCCCCC=CCCO1. The summed E-state index contributed by atoms with van der Waals surface area (Å²) in [5.41, 5.74) is 0. The van der Waals surface area contributed by atoms with E-state index in [-0.39, 0.29) is 5.97 Å². The summed E-state index contributed by atoms with van der Waals surface area (Å²) >= 11 is 0. The van der Waals surface area contributed by atoms with Crippen LogP contribution >= 0.6 is 0 Å². The average Bonchev–Trinajstić information content (AvgIpc) is 2.11. The molecule has 0 unspecified atom stereocenters. The normalized spacial score (nSPS) is 21.2. The van der Waals surface area contributed by atoms with E-state index in [1.54, 1.807) is 0 Å². The number of carbonyl (C=O) groups is 1. The minimum Gasteiger partial charge on any atom is -0.465 e. The number of carbonyl (C=O) groups excluding carboxylic acids is 1. The Labute approximate surface area is 73.6 Å². The molecular weight excluding hydrogens is 152 g/mol. The summed E-state index contributed by atoms with van der Waals surface area (Å²) in [5.74, 6) is -0.0368. The van der Waals surface area contributed by atoms with Gasteiger partial charge in [0, 0.05) is 6.42 Å². The van der Waals surface area contributed by atoms with E-state index >= 15 is 0 Å². The molecule has 0 N–H and O–H groups in total. The summed E-state index contributed by atoms with van der Waals surface area (Å²) in [4.78, 5) is 11.0. The maximum absolute atomic E-state index is 11.0. The molecule has 0 spiro atoms. The molecule has 0 bridgehead atoms. The topological polar surface area (TPSA) is 26.3 Å². The molecule has 1 heterocycles. The van der Waals surface area contributed by atoms with Crippen LogP contribution in [0.1, 0.15) is 38.5 Å². The van der Waals surface area contributed by atoms with Crippen molar-refractivity contribution in [2.75, 3.05) is 6.61 Å². The smallest absolute Gasteiger partial charge is 0.305 e. The number of rotatable bonds is 0. The lowest BCUT2D eigenvalue weighted by Gasteiger charge is -2.00. The molecule has 0 fully saturated rings. The number of allylic oxidation sites excluding steroid dienone is 1. The fourth-order valence-corrected chi connectivity index (χ4v) is 1.26. The predicted molar refractivity (Wildman–Crippen MR) is 47.8 cm³/mol. The second-order valence-electron chi connectivity index (χ2n) is 3.08. The molecule has 0 aromatic carbocycles. The Morgan fingerprint density at radius 3 is 2.83 bits per heavy atom. The fraction of sp³-hybridized carbons (Fsp3) is 0.700. The number of hydrogen-bond acceptors (Lipinski definition) is 2. The van der Waals surface area contributed by atoms with Gasteiger partial charge in [-0.05, 0) is 25.7 Å². The highest BCUT2D eigenvalue weighted by atomic mass is 16.5. The molecule has 2 heteroatoms. The quantitative estimate of drug-likeness (QED) is 0.410. The van der Waals surface area contributed by atoms with Crippen LogP contribution in [0.3, 0.4) is 0 Å². The molecule has 1 rings (SSSR count). The first-order valence-corrected chi connectivity index (χ1v) is 4.70. The van der Waals surface area contributed by atoms with Gasteiger partial charge >= 0.3 is 5.97 Å². The van der Waals surface area contributed by atoms with Crippen LogP contribution in [0.25, 0.3) is 0 Å². The zero-order valence-corrected chi connectivity index (χ0v) is 7.42. The Bertz CT molecular complexity index is 161. The predicted octanol–water partition coefficient (Wildman–Crippen LogP) is 2.44. The van der Waals surface area contributed by atoms with E-state index in [1.807, 2.05) is 0 Å². The molecule has 0 aliphatic carbocycles. The Hall–Kier alpha value is -0.790. The van der Waals surface area contributed by atoms with Gasteiger partial charge in [0.25, 0.3) is 0 Å². The number of hydrogen-bond donors (Lipinski definition) is 0. The molecule has 0 amide bonds. The van der Waals surface area contributed by atoms with Gasteiger partial charge in [-0.25, -0.2) is 0 Å². The van der Waals surface area contributed by atoms with E-state index < -0.39 is 0 Å². The van der Waals surface area contributed by atoms with Crippen LogP contribution in [-0.2, 0) is 9.53 Å². The third kappa shape index (κ3) is 4.16. The third-order valence-electron chi connectivity index (χ3n) is 1.97. The highest BCUT2D eigenvalue weighted by molar-refractivity contribution is 5.69. The van der Waals surface area contributed by atoms with Crippen LogP contribution in [-0.4, -0.2) is 12.6 Å². The van der Waals surface area contributed by atoms with Crippen LogP contribution in [0.15, 0.2) is 12.2 Å². The standard InChI is InChI=1S/C10H16O2/c11-10-8-6-4-2-1-3-5-7-9-12-10/h3,5H,1-2,4,6-9H2. The molecule has 0 atom stereocenters. The first-order chi connectivity index (χ1) is 5.89. The van der Waals surface area contributed by atoms with E-state index in [4.69, 9.17) is 4.74 Å². The largest absolute Gasteiger partial charge is 0.465 e. The first-order valence-electron chi connectivity index (χ1n) is 4.70. The average molecular weight is 168 g/mol. The van der Waals surface area contributed by atoms with E-state index in [1.165, 1.54) is 6.42 Å². The minimum atomic E-state index is -0.0368. The lowest BCUT2D eigenvalue weighted by Crippen LogP contribution is -2.04. The van der Waals surface area contributed by atoms with Crippen molar-refractivity contribution in [1.29, 1.82) is 0 Å². The van der Waals surface area contributed by atoms with E-state index in [9.17, 15) is 4.79 Å². The van der Waals surface area contributed by atoms with Gasteiger partial charge in [0.1, 0.15) is 0 Å². The second kappa shape index (κ2) is 5.81. The van der Waals surface area contributed by atoms with Crippen molar-refractivity contribution in [2.24, 2.45) is 0 Å². The van der Waals surface area contributed by atoms with Gasteiger partial charge in [-0.15, -0.1) is 0 Å². The second-order valence-corrected chi connectivity index (χ2v) is 3.08. The van der Waals surface area contributed by atoms with Crippen LogP contribution in [0, 0.1) is 0 Å². The van der Waals surface area contributed by atoms with Crippen molar-refractivity contribution >= 4 is 5.97 Å². The van der Waals surface area contributed by atoms with Crippen molar-refractivity contribution in [2.45, 2.75) is 38.5 Å². The summed E-state index contributed by atoms with van der Waals surface area (Å²) in [5, 5.41) is 0. The Morgan fingerprint density at radius 2 is 1.92 bits per heavy atom. The molecule has 0 saturated heterocycles. The maximum Gasteiger partial charge on any atom is 0.305 e. The summed E-state index contributed by atoms with van der Waals surface area (Å²) in [6.07, 6.45) is 10.2. The first kappa shape index (κ1) is 9.30. The van der Waals surface area contributed by atoms with Gasteiger partial charge in [-0.2, -0.15) is 0 Å². The molecule has 0 aromatic rings.